The number of aliphatic carboxylic acids is 1. The second-order valence-corrected chi connectivity index (χ2v) is 9.39. The molecular formula is C21H31NO4. The van der Waals surface area contributed by atoms with E-state index < -0.39 is 5.97 Å². The summed E-state index contributed by atoms with van der Waals surface area (Å²) in [4.78, 5) is 15.5. The van der Waals surface area contributed by atoms with E-state index in [1.54, 1.807) is 0 Å². The van der Waals surface area contributed by atoms with E-state index in [9.17, 15) is 9.90 Å². The van der Waals surface area contributed by atoms with Gasteiger partial charge in [0.25, 0.3) is 0 Å². The number of carboxylic acid groups (broad SMARTS) is 1. The zero-order chi connectivity index (χ0) is 18.5. The van der Waals surface area contributed by atoms with Crippen LogP contribution in [0.5, 0.6) is 0 Å². The quantitative estimate of drug-likeness (QED) is 0.750. The fourth-order valence-corrected chi connectivity index (χ4v) is 6.79. The maximum atomic E-state index is 10.6. The van der Waals surface area contributed by atoms with Crippen LogP contribution in [0.4, 0.5) is 0 Å². The van der Waals surface area contributed by atoms with Crippen LogP contribution in [0.1, 0.15) is 65.2 Å². The van der Waals surface area contributed by atoms with Gasteiger partial charge in [-0.2, -0.15) is 0 Å². The Labute approximate surface area is 155 Å². The van der Waals surface area contributed by atoms with Gasteiger partial charge in [-0.05, 0) is 86.0 Å². The van der Waals surface area contributed by atoms with Gasteiger partial charge in [0.05, 0.1) is 11.8 Å². The van der Waals surface area contributed by atoms with Crippen molar-refractivity contribution in [2.24, 2.45) is 33.7 Å². The molecule has 0 spiro atoms. The lowest BCUT2D eigenvalue weighted by Gasteiger charge is -2.57. The average molecular weight is 361 g/mol. The lowest BCUT2D eigenvalue weighted by atomic mass is 9.47. The lowest BCUT2D eigenvalue weighted by molar-refractivity contribution is -0.142. The summed E-state index contributed by atoms with van der Waals surface area (Å²) in [7, 11) is 0. The van der Waals surface area contributed by atoms with Crippen molar-refractivity contribution in [2.45, 2.75) is 71.3 Å². The predicted octanol–water partition coefficient (Wildman–Crippen LogP) is 3.77. The SMILES string of the molecule is C[C@]12CC[C@@H]3[C@@H](CCC4=CC(=NOCC(=O)O)CC[C@@]43C)[C@@H]1CC[C@@H]2O. The number of carboxylic acids is 1. The molecule has 0 aliphatic heterocycles. The Morgan fingerprint density at radius 2 is 2.00 bits per heavy atom. The largest absolute Gasteiger partial charge is 0.479 e. The van der Waals surface area contributed by atoms with Crippen LogP contribution in [0, 0.1) is 28.6 Å². The number of aliphatic hydroxyl groups is 1. The zero-order valence-corrected chi connectivity index (χ0v) is 15.9. The van der Waals surface area contributed by atoms with Crippen molar-refractivity contribution >= 4 is 11.7 Å². The number of hydrogen-bond donors (Lipinski definition) is 2. The van der Waals surface area contributed by atoms with Gasteiger partial charge in [0.15, 0.2) is 0 Å². The van der Waals surface area contributed by atoms with Crippen LogP contribution in [0.2, 0.25) is 0 Å². The molecule has 2 N–H and O–H groups in total. The van der Waals surface area contributed by atoms with Crippen molar-refractivity contribution in [1.29, 1.82) is 0 Å². The summed E-state index contributed by atoms with van der Waals surface area (Å²) in [6.45, 7) is 4.38. The number of allylic oxidation sites excluding steroid dienone is 2. The summed E-state index contributed by atoms with van der Waals surface area (Å²) in [5.41, 5.74) is 2.72. The number of nitrogens with zero attached hydrogens (tertiary/aromatic N) is 1. The van der Waals surface area contributed by atoms with E-state index >= 15 is 0 Å². The molecule has 0 radical (unpaired) electrons. The molecule has 0 heterocycles. The summed E-state index contributed by atoms with van der Waals surface area (Å²) >= 11 is 0. The molecule has 3 fully saturated rings. The molecule has 144 valence electrons. The first-order chi connectivity index (χ1) is 12.3. The van der Waals surface area contributed by atoms with Crippen LogP contribution >= 0.6 is 0 Å². The van der Waals surface area contributed by atoms with Gasteiger partial charge in [-0.3, -0.25) is 0 Å². The van der Waals surface area contributed by atoms with E-state index in [2.05, 4.69) is 25.1 Å². The maximum Gasteiger partial charge on any atom is 0.344 e. The molecule has 0 aromatic carbocycles. The van der Waals surface area contributed by atoms with Crippen LogP contribution in [-0.4, -0.2) is 34.6 Å². The van der Waals surface area contributed by atoms with Crippen LogP contribution < -0.4 is 0 Å². The van der Waals surface area contributed by atoms with Gasteiger partial charge in [0.2, 0.25) is 6.61 Å². The van der Waals surface area contributed by atoms with E-state index in [1.807, 2.05) is 0 Å². The second-order valence-electron chi connectivity index (χ2n) is 9.39. The third kappa shape index (κ3) is 2.70. The molecule has 0 bridgehead atoms. The number of hydrogen-bond acceptors (Lipinski definition) is 4. The van der Waals surface area contributed by atoms with Crippen molar-refractivity contribution in [3.8, 4) is 0 Å². The molecule has 26 heavy (non-hydrogen) atoms. The average Bonchev–Trinajstić information content (AvgIpc) is 2.90. The molecule has 0 saturated heterocycles. The first kappa shape index (κ1) is 18.0. The van der Waals surface area contributed by atoms with Gasteiger partial charge in [0, 0.05) is 0 Å². The highest BCUT2D eigenvalue weighted by Gasteiger charge is 2.58. The lowest BCUT2D eigenvalue weighted by Crippen LogP contribution is -2.51. The topological polar surface area (TPSA) is 79.1 Å². The van der Waals surface area contributed by atoms with Crippen LogP contribution in [0.25, 0.3) is 0 Å². The second kappa shape index (κ2) is 6.36. The number of oxime groups is 1. The summed E-state index contributed by atoms with van der Waals surface area (Å²) in [6.07, 6.45) is 10.8. The Morgan fingerprint density at radius 3 is 2.77 bits per heavy atom. The first-order valence-corrected chi connectivity index (χ1v) is 10.1. The summed E-state index contributed by atoms with van der Waals surface area (Å²) in [5.74, 6) is 1.11. The summed E-state index contributed by atoms with van der Waals surface area (Å²) < 4.78 is 0. The molecule has 3 saturated carbocycles. The van der Waals surface area contributed by atoms with Crippen molar-refractivity contribution in [3.05, 3.63) is 11.6 Å². The highest BCUT2D eigenvalue weighted by Crippen LogP contribution is 2.65. The minimum Gasteiger partial charge on any atom is -0.479 e. The molecule has 4 aliphatic carbocycles. The fourth-order valence-electron chi connectivity index (χ4n) is 6.79. The van der Waals surface area contributed by atoms with Gasteiger partial charge in [-0.15, -0.1) is 0 Å². The van der Waals surface area contributed by atoms with Crippen LogP contribution in [0.3, 0.4) is 0 Å². The van der Waals surface area contributed by atoms with E-state index in [-0.39, 0.29) is 23.5 Å². The van der Waals surface area contributed by atoms with Gasteiger partial charge in [0.1, 0.15) is 0 Å². The van der Waals surface area contributed by atoms with Gasteiger partial charge < -0.3 is 15.1 Å². The maximum absolute atomic E-state index is 10.6. The Hall–Kier alpha value is -1.36. The molecular weight excluding hydrogens is 330 g/mol. The van der Waals surface area contributed by atoms with Crippen LogP contribution in [-0.2, 0) is 9.63 Å². The van der Waals surface area contributed by atoms with Gasteiger partial charge in [-0.25, -0.2) is 4.79 Å². The number of fused-ring (bicyclic) bond motifs is 5. The highest BCUT2D eigenvalue weighted by atomic mass is 16.6. The standard InChI is InChI=1S/C21H31NO4/c1-20-9-7-14(22-26-12-19(24)25)11-13(20)3-4-15-16-5-6-18(23)21(16,2)10-8-17(15)20/h11,15-18,23H,3-10,12H2,1-2H3,(H,24,25)/t15-,16-,17+,18-,20-,21-/m0/s1. The Kier molecular flexibility index (Phi) is 4.41. The smallest absolute Gasteiger partial charge is 0.344 e. The van der Waals surface area contributed by atoms with Crippen molar-refractivity contribution in [1.82, 2.24) is 0 Å². The zero-order valence-electron chi connectivity index (χ0n) is 15.9. The molecule has 0 aromatic rings. The summed E-state index contributed by atoms with van der Waals surface area (Å²) in [5, 5.41) is 23.3. The monoisotopic (exact) mass is 361 g/mol. The third-order valence-electron chi connectivity index (χ3n) is 8.30. The molecule has 4 rings (SSSR count). The predicted molar refractivity (Wildman–Crippen MR) is 98.7 cm³/mol. The summed E-state index contributed by atoms with van der Waals surface area (Å²) in [6, 6.07) is 0. The molecule has 6 atom stereocenters. The third-order valence-corrected chi connectivity index (χ3v) is 8.30. The Balaban J connectivity index is 1.55. The minimum absolute atomic E-state index is 0.116. The molecule has 0 unspecified atom stereocenters. The number of carbonyl (C=O) groups is 1. The minimum atomic E-state index is -0.993. The van der Waals surface area contributed by atoms with Crippen molar-refractivity contribution in [3.63, 3.8) is 0 Å². The number of rotatable bonds is 3. The Bertz CT molecular complexity index is 656. The van der Waals surface area contributed by atoms with E-state index in [1.165, 1.54) is 24.8 Å². The highest BCUT2D eigenvalue weighted by molar-refractivity contribution is 5.96. The van der Waals surface area contributed by atoms with Crippen LogP contribution in [0.15, 0.2) is 16.8 Å². The van der Waals surface area contributed by atoms with E-state index in [4.69, 9.17) is 9.94 Å². The normalized spacial score (nSPS) is 46.1. The molecule has 0 aromatic heterocycles. The molecule has 4 aliphatic rings. The molecule has 5 heteroatoms. The van der Waals surface area contributed by atoms with Crippen molar-refractivity contribution in [2.75, 3.05) is 6.61 Å². The first-order valence-electron chi connectivity index (χ1n) is 10.1. The van der Waals surface area contributed by atoms with E-state index in [0.717, 1.165) is 43.7 Å². The van der Waals surface area contributed by atoms with Crippen molar-refractivity contribution < 1.29 is 19.8 Å². The molecule has 0 amide bonds. The number of aliphatic hydroxyl groups excluding tert-OH is 1. The Morgan fingerprint density at radius 1 is 1.19 bits per heavy atom. The fraction of sp³-hybridized carbons (Fsp3) is 0.810. The van der Waals surface area contributed by atoms with Gasteiger partial charge in [-0.1, -0.05) is 24.6 Å². The van der Waals surface area contributed by atoms with Gasteiger partial charge >= 0.3 is 5.97 Å². The van der Waals surface area contributed by atoms with E-state index in [0.29, 0.717) is 11.8 Å². The molecule has 5 nitrogen and oxygen atoms in total.